The molecule has 3 aliphatic rings. The summed E-state index contributed by atoms with van der Waals surface area (Å²) in [6.07, 6.45) is 8.79. The van der Waals surface area contributed by atoms with Gasteiger partial charge in [0.05, 0.1) is 51.7 Å². The highest BCUT2D eigenvalue weighted by Crippen LogP contribution is 2.46. The number of allylic oxidation sites excluding steroid dienone is 1. The van der Waals surface area contributed by atoms with Crippen LogP contribution in [0.3, 0.4) is 0 Å². The van der Waals surface area contributed by atoms with Gasteiger partial charge in [0.15, 0.2) is 5.75 Å². The van der Waals surface area contributed by atoms with Crippen LogP contribution in [0.2, 0.25) is 10.0 Å². The maximum Gasteiger partial charge on any atom is 0.252 e. The van der Waals surface area contributed by atoms with Gasteiger partial charge in [-0.2, -0.15) is 5.10 Å². The molecule has 0 bridgehead atoms. The van der Waals surface area contributed by atoms with Crippen molar-refractivity contribution < 1.29 is 27.8 Å². The predicted octanol–water partition coefficient (Wildman–Crippen LogP) is 9.09. The van der Waals surface area contributed by atoms with Crippen LogP contribution in [0.1, 0.15) is 81.6 Å². The molecule has 0 radical (unpaired) electrons. The number of primary amides is 1. The second kappa shape index (κ2) is 17.2. The molecule has 61 heavy (non-hydrogen) atoms. The molecule has 5 aromatic rings. The lowest BCUT2D eigenvalue weighted by atomic mass is 9.72. The molecule has 1 saturated heterocycles. The number of carbonyl (C=O) groups excluding carboxylic acids is 1. The number of nitrogens with two attached hydrogens (primary N) is 1. The Morgan fingerprint density at radius 1 is 0.984 bits per heavy atom. The molecular formula is C46H52Cl2N6O6S. The van der Waals surface area contributed by atoms with E-state index in [1.165, 1.54) is 35.0 Å². The normalized spacial score (nSPS) is 21.1. The van der Waals surface area contributed by atoms with E-state index in [1.807, 2.05) is 30.0 Å². The van der Waals surface area contributed by atoms with Crippen molar-refractivity contribution in [3.05, 3.63) is 99.8 Å². The van der Waals surface area contributed by atoms with E-state index in [-0.39, 0.29) is 49.1 Å². The summed E-state index contributed by atoms with van der Waals surface area (Å²) in [7, 11) is -4.50. The Kier molecular flexibility index (Phi) is 12.2. The summed E-state index contributed by atoms with van der Waals surface area (Å²) in [4.78, 5) is 21.5. The first kappa shape index (κ1) is 43.0. The number of ether oxygens (including phenoxy) is 2. The van der Waals surface area contributed by atoms with Gasteiger partial charge < -0.3 is 25.2 Å². The van der Waals surface area contributed by atoms with E-state index in [9.17, 15) is 9.90 Å². The summed E-state index contributed by atoms with van der Waals surface area (Å²) in [6.45, 7) is 9.96. The minimum atomic E-state index is -4.50. The van der Waals surface area contributed by atoms with Crippen molar-refractivity contribution in [1.29, 1.82) is 0 Å². The third kappa shape index (κ3) is 9.41. The van der Waals surface area contributed by atoms with Crippen LogP contribution in [0, 0.1) is 11.3 Å². The topological polar surface area (TPSA) is 164 Å². The van der Waals surface area contributed by atoms with E-state index < -0.39 is 21.3 Å². The molecule has 0 atom stereocenters. The molecule has 0 unspecified atom stereocenters. The smallest absolute Gasteiger partial charge is 0.252 e. The van der Waals surface area contributed by atoms with Gasteiger partial charge in [0.25, 0.3) is 5.91 Å². The fourth-order valence-electron chi connectivity index (χ4n) is 8.82. The fourth-order valence-corrected chi connectivity index (χ4v) is 10.8. The van der Waals surface area contributed by atoms with Crippen LogP contribution in [0.4, 0.5) is 5.69 Å². The lowest BCUT2D eigenvalue weighted by molar-refractivity contribution is 0.00127. The number of hydrogen-bond acceptors (Lipinski definition) is 10. The zero-order chi connectivity index (χ0) is 43.1. The number of piperazine rings is 1. The molecule has 2 aromatic heterocycles. The number of fused-ring (bicyclic) bond motifs is 1. The van der Waals surface area contributed by atoms with Crippen LogP contribution in [-0.2, 0) is 9.84 Å². The number of aromatic nitrogens is 3. The van der Waals surface area contributed by atoms with E-state index in [0.717, 1.165) is 38.6 Å². The molecule has 1 aliphatic heterocycles. The molecule has 322 valence electrons. The van der Waals surface area contributed by atoms with Gasteiger partial charge in [-0.05, 0) is 117 Å². The van der Waals surface area contributed by atoms with Crippen LogP contribution >= 0.6 is 23.2 Å². The van der Waals surface area contributed by atoms with E-state index in [1.54, 1.807) is 24.4 Å². The number of nitrogens with one attached hydrogen (secondary N) is 1. The van der Waals surface area contributed by atoms with Gasteiger partial charge >= 0.3 is 0 Å². The standard InChI is InChI=1S/C46H52Cl2N6O6S/c1-45(2)16-15-31(35(24-45)30-7-9-32(47)10-8-30)27-53-19-21-54(22-20-53)39-12-11-34(43(49)55)41(60-40-6-4-5-38-36(40)26-51-52-38)42(39)61(57,58)33-23-37(48)44(50-25-33)59-28-29-13-17-46(3,56)18-14-29/h4-12,23,25-26,29,56H,13-22,24,27-28H2,1-3H3,(H2,49,55)(H,51,52). The molecule has 8 rings (SSSR count). The Morgan fingerprint density at radius 3 is 2.43 bits per heavy atom. The molecule has 0 spiro atoms. The highest BCUT2D eigenvalue weighted by molar-refractivity contribution is 7.91. The Bertz CT molecular complexity index is 2570. The molecule has 2 aliphatic carbocycles. The van der Waals surface area contributed by atoms with Gasteiger partial charge in [0.1, 0.15) is 15.7 Å². The Morgan fingerprint density at radius 2 is 1.72 bits per heavy atom. The van der Waals surface area contributed by atoms with Crippen LogP contribution in [0.5, 0.6) is 17.4 Å². The number of rotatable bonds is 12. The highest BCUT2D eigenvalue weighted by Gasteiger charge is 2.36. The number of benzene rings is 3. The maximum absolute atomic E-state index is 15.1. The highest BCUT2D eigenvalue weighted by atomic mass is 35.5. The van der Waals surface area contributed by atoms with E-state index in [2.05, 4.69) is 46.1 Å². The SMILES string of the molecule is CC1(C)CCC(CN2CCN(c3ccc(C(N)=O)c(Oc4cccc5[nH]ncc45)c3S(=O)(=O)c3cnc(OCC4CCC(C)(O)CC4)c(Cl)c3)CC2)=C(c2ccc(Cl)cc2)C1. The number of amides is 1. The maximum atomic E-state index is 15.1. The minimum absolute atomic E-state index is 0.0223. The monoisotopic (exact) mass is 886 g/mol. The fraction of sp³-hybridized carbons (Fsp3) is 0.413. The second-order valence-corrected chi connectivity index (χ2v) is 20.5. The number of H-pyrrole nitrogens is 1. The molecule has 15 heteroatoms. The predicted molar refractivity (Wildman–Crippen MR) is 239 cm³/mol. The lowest BCUT2D eigenvalue weighted by Gasteiger charge is -2.40. The summed E-state index contributed by atoms with van der Waals surface area (Å²) in [5.74, 6) is -0.450. The lowest BCUT2D eigenvalue weighted by Crippen LogP contribution is -2.47. The Balaban J connectivity index is 1.12. The minimum Gasteiger partial charge on any atom is -0.476 e. The van der Waals surface area contributed by atoms with Crippen molar-refractivity contribution >= 4 is 61.1 Å². The van der Waals surface area contributed by atoms with Crippen molar-refractivity contribution in [2.75, 3.05) is 44.2 Å². The first-order chi connectivity index (χ1) is 29.1. The van der Waals surface area contributed by atoms with Gasteiger partial charge in [-0.25, -0.2) is 13.4 Å². The van der Waals surface area contributed by atoms with E-state index in [0.29, 0.717) is 67.2 Å². The molecule has 1 amide bonds. The van der Waals surface area contributed by atoms with Crippen molar-refractivity contribution in [1.82, 2.24) is 20.1 Å². The Labute approximate surface area is 366 Å². The molecule has 12 nitrogen and oxygen atoms in total. The van der Waals surface area contributed by atoms with Gasteiger partial charge in [0.2, 0.25) is 15.7 Å². The largest absolute Gasteiger partial charge is 0.476 e. The summed E-state index contributed by atoms with van der Waals surface area (Å²) < 4.78 is 42.8. The zero-order valence-electron chi connectivity index (χ0n) is 34.7. The molecular weight excluding hydrogens is 836 g/mol. The summed E-state index contributed by atoms with van der Waals surface area (Å²) in [5.41, 5.74) is 10.4. The number of carbonyl (C=O) groups is 1. The number of halogens is 2. The number of aliphatic hydroxyl groups is 1. The van der Waals surface area contributed by atoms with Gasteiger partial charge in [-0.3, -0.25) is 14.8 Å². The number of anilines is 1. The second-order valence-electron chi connectivity index (χ2n) is 17.8. The number of pyridine rings is 1. The van der Waals surface area contributed by atoms with Crippen LogP contribution < -0.4 is 20.1 Å². The summed E-state index contributed by atoms with van der Waals surface area (Å²) >= 11 is 13.0. The number of nitrogens with zero attached hydrogens (tertiary/aromatic N) is 4. The molecule has 3 aromatic carbocycles. The van der Waals surface area contributed by atoms with Crippen molar-refractivity contribution in [3.63, 3.8) is 0 Å². The summed E-state index contributed by atoms with van der Waals surface area (Å²) in [5, 5.41) is 18.7. The third-order valence-corrected chi connectivity index (χ3v) is 14.8. The molecule has 1 saturated carbocycles. The van der Waals surface area contributed by atoms with Crippen LogP contribution in [0.25, 0.3) is 16.5 Å². The van der Waals surface area contributed by atoms with E-state index >= 15 is 8.42 Å². The molecule has 2 fully saturated rings. The first-order valence-electron chi connectivity index (χ1n) is 20.8. The van der Waals surface area contributed by atoms with Crippen LogP contribution in [0.15, 0.2) is 88.4 Å². The number of sulfone groups is 1. The third-order valence-electron chi connectivity index (χ3n) is 12.5. The average molecular weight is 888 g/mol. The van der Waals surface area contributed by atoms with Crippen molar-refractivity contribution in [2.24, 2.45) is 17.1 Å². The molecule has 4 N–H and O–H groups in total. The zero-order valence-corrected chi connectivity index (χ0v) is 37.0. The summed E-state index contributed by atoms with van der Waals surface area (Å²) in [6, 6.07) is 17.8. The average Bonchev–Trinajstić information content (AvgIpc) is 3.72. The van der Waals surface area contributed by atoms with Gasteiger partial charge in [0, 0.05) is 37.7 Å². The number of aromatic amines is 1. The number of hydrogen-bond donors (Lipinski definition) is 3. The van der Waals surface area contributed by atoms with Crippen molar-refractivity contribution in [3.8, 4) is 17.4 Å². The quantitative estimate of drug-likeness (QED) is 0.110. The van der Waals surface area contributed by atoms with Gasteiger partial charge in [-0.1, -0.05) is 60.8 Å². The first-order valence-corrected chi connectivity index (χ1v) is 23.1. The van der Waals surface area contributed by atoms with Crippen molar-refractivity contribution in [2.45, 2.75) is 81.1 Å². The van der Waals surface area contributed by atoms with E-state index in [4.69, 9.17) is 38.4 Å². The van der Waals surface area contributed by atoms with Crippen LogP contribution in [-0.4, -0.2) is 84.4 Å². The van der Waals surface area contributed by atoms with Gasteiger partial charge in [-0.15, -0.1) is 0 Å². The molecule has 3 heterocycles. The Hall–Kier alpha value is -4.66.